The van der Waals surface area contributed by atoms with Crippen molar-refractivity contribution in [2.24, 2.45) is 5.92 Å². The summed E-state index contributed by atoms with van der Waals surface area (Å²) in [5, 5.41) is 22.2. The quantitative estimate of drug-likeness (QED) is 0.583. The zero-order valence-corrected chi connectivity index (χ0v) is 11.5. The van der Waals surface area contributed by atoms with Crippen molar-refractivity contribution < 1.29 is 15.0 Å². The Kier molecular flexibility index (Phi) is 6.65. The summed E-state index contributed by atoms with van der Waals surface area (Å²) >= 11 is 0. The van der Waals surface area contributed by atoms with Crippen LogP contribution in [0, 0.1) is 5.92 Å². The van der Waals surface area contributed by atoms with Gasteiger partial charge >= 0.3 is 5.97 Å². The Morgan fingerprint density at radius 1 is 1.39 bits per heavy atom. The molecule has 0 saturated heterocycles. The largest absolute Gasteiger partial charge is 0.481 e. The molecule has 106 valence electrons. The van der Waals surface area contributed by atoms with Crippen molar-refractivity contribution in [2.75, 3.05) is 13.1 Å². The van der Waals surface area contributed by atoms with Gasteiger partial charge < -0.3 is 15.5 Å². The third kappa shape index (κ3) is 6.36. The van der Waals surface area contributed by atoms with Crippen LogP contribution in [-0.4, -0.2) is 34.9 Å². The number of unbranched alkanes of at least 4 members (excludes halogenated alkanes) is 2. The number of hydrogen-bond donors (Lipinski definition) is 3. The van der Waals surface area contributed by atoms with E-state index in [1.165, 1.54) is 6.42 Å². The lowest BCUT2D eigenvalue weighted by molar-refractivity contribution is -0.137. The Morgan fingerprint density at radius 3 is 2.83 bits per heavy atom. The molecule has 0 heterocycles. The van der Waals surface area contributed by atoms with Gasteiger partial charge in [-0.3, -0.25) is 4.79 Å². The van der Waals surface area contributed by atoms with E-state index >= 15 is 0 Å². The summed E-state index contributed by atoms with van der Waals surface area (Å²) in [6, 6.07) is 0. The van der Waals surface area contributed by atoms with Crippen LogP contribution in [0.15, 0.2) is 0 Å². The van der Waals surface area contributed by atoms with Gasteiger partial charge in [0.25, 0.3) is 0 Å². The SMILES string of the molecule is CC1CCCC(O)(CNCCCCCC(=O)O)C1. The molecule has 0 spiro atoms. The van der Waals surface area contributed by atoms with E-state index in [4.69, 9.17) is 5.11 Å². The molecule has 1 saturated carbocycles. The summed E-state index contributed by atoms with van der Waals surface area (Å²) < 4.78 is 0. The van der Waals surface area contributed by atoms with E-state index in [-0.39, 0.29) is 6.42 Å². The summed E-state index contributed by atoms with van der Waals surface area (Å²) in [6.45, 7) is 3.75. The molecular weight excluding hydrogens is 230 g/mol. The van der Waals surface area contributed by atoms with E-state index < -0.39 is 11.6 Å². The molecular formula is C14H27NO3. The van der Waals surface area contributed by atoms with E-state index in [9.17, 15) is 9.90 Å². The van der Waals surface area contributed by atoms with Crippen LogP contribution in [0.25, 0.3) is 0 Å². The Labute approximate surface area is 110 Å². The van der Waals surface area contributed by atoms with Crippen LogP contribution in [0.4, 0.5) is 0 Å². The number of hydrogen-bond acceptors (Lipinski definition) is 3. The molecule has 18 heavy (non-hydrogen) atoms. The maximum Gasteiger partial charge on any atom is 0.303 e. The van der Waals surface area contributed by atoms with Crippen LogP contribution in [-0.2, 0) is 4.79 Å². The molecule has 0 aromatic rings. The third-order valence-corrected chi connectivity index (χ3v) is 3.77. The molecule has 0 aliphatic heterocycles. The van der Waals surface area contributed by atoms with Gasteiger partial charge in [0.05, 0.1) is 5.60 Å². The fraction of sp³-hybridized carbons (Fsp3) is 0.929. The van der Waals surface area contributed by atoms with Gasteiger partial charge in [-0.1, -0.05) is 26.2 Å². The average molecular weight is 257 g/mol. The van der Waals surface area contributed by atoms with E-state index in [1.54, 1.807) is 0 Å². The molecule has 1 fully saturated rings. The third-order valence-electron chi connectivity index (χ3n) is 3.77. The predicted molar refractivity (Wildman–Crippen MR) is 71.6 cm³/mol. The van der Waals surface area contributed by atoms with Crippen LogP contribution >= 0.6 is 0 Å². The number of aliphatic carboxylic acids is 1. The van der Waals surface area contributed by atoms with Crippen LogP contribution in [0.5, 0.6) is 0 Å². The van der Waals surface area contributed by atoms with Crippen LogP contribution in [0.2, 0.25) is 0 Å². The van der Waals surface area contributed by atoms with E-state index in [0.29, 0.717) is 12.5 Å². The smallest absolute Gasteiger partial charge is 0.303 e. The zero-order chi connectivity index (χ0) is 13.4. The van der Waals surface area contributed by atoms with Gasteiger partial charge in [0, 0.05) is 13.0 Å². The van der Waals surface area contributed by atoms with Crippen molar-refractivity contribution in [3.05, 3.63) is 0 Å². The highest BCUT2D eigenvalue weighted by atomic mass is 16.4. The standard InChI is InChI=1S/C14H27NO3/c1-12-6-5-8-14(18,10-12)11-15-9-4-2-3-7-13(16)17/h12,15,18H,2-11H2,1H3,(H,16,17). The average Bonchev–Trinajstić information content (AvgIpc) is 2.27. The van der Waals surface area contributed by atoms with Gasteiger partial charge in [-0.2, -0.15) is 0 Å². The summed E-state index contributed by atoms with van der Waals surface area (Å²) in [7, 11) is 0. The van der Waals surface area contributed by atoms with Crippen LogP contribution in [0.1, 0.15) is 58.3 Å². The number of rotatable bonds is 8. The molecule has 0 aromatic heterocycles. The van der Waals surface area contributed by atoms with Crippen molar-refractivity contribution in [1.82, 2.24) is 5.32 Å². The Morgan fingerprint density at radius 2 is 2.17 bits per heavy atom. The molecule has 3 N–H and O–H groups in total. The molecule has 2 unspecified atom stereocenters. The number of carboxylic acid groups (broad SMARTS) is 1. The summed E-state index contributed by atoms with van der Waals surface area (Å²) in [6.07, 6.45) is 7.10. The van der Waals surface area contributed by atoms with Crippen molar-refractivity contribution in [1.29, 1.82) is 0 Å². The Bertz CT molecular complexity index is 257. The minimum absolute atomic E-state index is 0.265. The highest BCUT2D eigenvalue weighted by Gasteiger charge is 2.31. The lowest BCUT2D eigenvalue weighted by Crippen LogP contribution is -2.44. The van der Waals surface area contributed by atoms with E-state index in [0.717, 1.165) is 45.1 Å². The maximum atomic E-state index is 10.4. The second-order valence-corrected chi connectivity index (χ2v) is 5.81. The van der Waals surface area contributed by atoms with Gasteiger partial charge in [-0.05, 0) is 38.1 Å². The lowest BCUT2D eigenvalue weighted by atomic mass is 9.79. The maximum absolute atomic E-state index is 10.4. The number of carboxylic acids is 1. The molecule has 2 atom stereocenters. The highest BCUT2D eigenvalue weighted by Crippen LogP contribution is 2.31. The first-order chi connectivity index (χ1) is 8.52. The lowest BCUT2D eigenvalue weighted by Gasteiger charge is -2.35. The first-order valence-electron chi connectivity index (χ1n) is 7.17. The minimum Gasteiger partial charge on any atom is -0.481 e. The summed E-state index contributed by atoms with van der Waals surface area (Å²) in [4.78, 5) is 10.3. The highest BCUT2D eigenvalue weighted by molar-refractivity contribution is 5.66. The normalized spacial score (nSPS) is 28.2. The molecule has 1 aliphatic rings. The van der Waals surface area contributed by atoms with Crippen molar-refractivity contribution in [3.63, 3.8) is 0 Å². The Balaban J connectivity index is 2.01. The second-order valence-electron chi connectivity index (χ2n) is 5.81. The molecule has 4 heteroatoms. The van der Waals surface area contributed by atoms with Gasteiger partial charge in [0.1, 0.15) is 0 Å². The summed E-state index contributed by atoms with van der Waals surface area (Å²) in [5.74, 6) is -0.0884. The molecule has 1 aliphatic carbocycles. The second kappa shape index (κ2) is 7.74. The van der Waals surface area contributed by atoms with Crippen molar-refractivity contribution >= 4 is 5.97 Å². The van der Waals surface area contributed by atoms with Gasteiger partial charge in [-0.15, -0.1) is 0 Å². The number of nitrogens with one attached hydrogen (secondary N) is 1. The fourth-order valence-electron chi connectivity index (χ4n) is 2.82. The molecule has 0 radical (unpaired) electrons. The monoisotopic (exact) mass is 257 g/mol. The first-order valence-corrected chi connectivity index (χ1v) is 7.17. The minimum atomic E-state index is -0.714. The zero-order valence-electron chi connectivity index (χ0n) is 11.5. The first kappa shape index (κ1) is 15.4. The van der Waals surface area contributed by atoms with Gasteiger partial charge in [0.2, 0.25) is 0 Å². The number of carbonyl (C=O) groups is 1. The molecule has 0 amide bonds. The Hall–Kier alpha value is -0.610. The van der Waals surface area contributed by atoms with Crippen molar-refractivity contribution in [2.45, 2.75) is 63.9 Å². The molecule has 0 bridgehead atoms. The molecule has 1 rings (SSSR count). The number of aliphatic hydroxyl groups is 1. The van der Waals surface area contributed by atoms with E-state index in [1.807, 2.05) is 0 Å². The fourth-order valence-corrected chi connectivity index (χ4v) is 2.82. The molecule has 4 nitrogen and oxygen atoms in total. The van der Waals surface area contributed by atoms with Gasteiger partial charge in [0.15, 0.2) is 0 Å². The van der Waals surface area contributed by atoms with Crippen LogP contribution in [0.3, 0.4) is 0 Å². The summed E-state index contributed by atoms with van der Waals surface area (Å²) in [5.41, 5.74) is -0.515. The topological polar surface area (TPSA) is 69.6 Å². The van der Waals surface area contributed by atoms with Gasteiger partial charge in [-0.25, -0.2) is 0 Å². The van der Waals surface area contributed by atoms with E-state index in [2.05, 4.69) is 12.2 Å². The molecule has 0 aromatic carbocycles. The van der Waals surface area contributed by atoms with Crippen molar-refractivity contribution in [3.8, 4) is 0 Å². The van der Waals surface area contributed by atoms with Crippen LogP contribution < -0.4 is 5.32 Å². The predicted octanol–water partition coefficient (Wildman–Crippen LogP) is 2.16.